The van der Waals surface area contributed by atoms with Crippen molar-refractivity contribution in [2.75, 3.05) is 19.1 Å². The minimum absolute atomic E-state index is 0.00904. The lowest BCUT2D eigenvalue weighted by atomic mass is 10.1. The van der Waals surface area contributed by atoms with E-state index in [9.17, 15) is 18.0 Å². The fraction of sp³-hybridized carbons (Fsp3) is 0.158. The van der Waals surface area contributed by atoms with Crippen LogP contribution < -0.4 is 14.4 Å². The SMILES string of the molecule is COc1cccc(/C=C2\SC(=S)N(c3ccc(Cl)c(C(F)(F)F)c3)C2=O)c1OC. The molecule has 0 aliphatic carbocycles. The van der Waals surface area contributed by atoms with Crippen LogP contribution in [0.2, 0.25) is 5.02 Å². The molecule has 0 radical (unpaired) electrons. The number of rotatable bonds is 4. The van der Waals surface area contributed by atoms with Gasteiger partial charge in [-0.05, 0) is 30.3 Å². The van der Waals surface area contributed by atoms with Gasteiger partial charge in [-0.2, -0.15) is 13.2 Å². The fourth-order valence-electron chi connectivity index (χ4n) is 2.73. The van der Waals surface area contributed by atoms with Gasteiger partial charge in [-0.25, -0.2) is 0 Å². The zero-order chi connectivity index (χ0) is 21.3. The van der Waals surface area contributed by atoms with Crippen LogP contribution in [0.1, 0.15) is 11.1 Å². The molecule has 0 spiro atoms. The van der Waals surface area contributed by atoms with E-state index in [0.717, 1.165) is 28.8 Å². The van der Waals surface area contributed by atoms with E-state index in [0.29, 0.717) is 17.1 Å². The van der Waals surface area contributed by atoms with Crippen LogP contribution in [0.4, 0.5) is 18.9 Å². The average molecular weight is 460 g/mol. The van der Waals surface area contributed by atoms with E-state index in [1.807, 2.05) is 0 Å². The highest BCUT2D eigenvalue weighted by atomic mass is 35.5. The molecule has 0 saturated carbocycles. The molecule has 1 heterocycles. The van der Waals surface area contributed by atoms with Gasteiger partial charge in [-0.3, -0.25) is 9.69 Å². The summed E-state index contributed by atoms with van der Waals surface area (Å²) in [7, 11) is 2.95. The Kier molecular flexibility index (Phi) is 6.11. The zero-order valence-electron chi connectivity index (χ0n) is 15.0. The number of alkyl halides is 3. The van der Waals surface area contributed by atoms with Crippen LogP contribution in [0, 0.1) is 0 Å². The molecule has 2 aromatic rings. The Hall–Kier alpha value is -2.23. The number of ether oxygens (including phenoxy) is 2. The zero-order valence-corrected chi connectivity index (χ0v) is 17.4. The Balaban J connectivity index is 2.01. The van der Waals surface area contributed by atoms with Crippen molar-refractivity contribution in [2.45, 2.75) is 6.18 Å². The summed E-state index contributed by atoms with van der Waals surface area (Å²) in [6.07, 6.45) is -3.10. The molecule has 0 N–H and O–H groups in total. The highest BCUT2D eigenvalue weighted by molar-refractivity contribution is 8.27. The molecule has 1 fully saturated rings. The van der Waals surface area contributed by atoms with Crippen LogP contribution in [0.5, 0.6) is 11.5 Å². The van der Waals surface area contributed by atoms with Crippen LogP contribution in [0.15, 0.2) is 41.3 Å². The van der Waals surface area contributed by atoms with Crippen molar-refractivity contribution in [1.29, 1.82) is 0 Å². The molecular formula is C19H13ClF3NO3S2. The molecule has 2 aromatic carbocycles. The van der Waals surface area contributed by atoms with Crippen LogP contribution in [-0.4, -0.2) is 24.4 Å². The maximum atomic E-state index is 13.2. The van der Waals surface area contributed by atoms with Gasteiger partial charge in [0.1, 0.15) is 0 Å². The number of hydrogen-bond donors (Lipinski definition) is 0. The molecule has 1 aliphatic heterocycles. The summed E-state index contributed by atoms with van der Waals surface area (Å²) in [5.74, 6) is 0.357. The first-order valence-corrected chi connectivity index (χ1v) is 9.63. The number of methoxy groups -OCH3 is 2. The number of para-hydroxylation sites is 1. The quantitative estimate of drug-likeness (QED) is 0.428. The summed E-state index contributed by atoms with van der Waals surface area (Å²) in [4.78, 5) is 14.2. The summed E-state index contributed by atoms with van der Waals surface area (Å²) >= 11 is 11.9. The summed E-state index contributed by atoms with van der Waals surface area (Å²) in [5, 5.41) is -0.455. The largest absolute Gasteiger partial charge is 0.493 e. The maximum Gasteiger partial charge on any atom is 0.417 e. The van der Waals surface area contributed by atoms with Gasteiger partial charge in [0.2, 0.25) is 0 Å². The normalized spacial score (nSPS) is 15.9. The first kappa shape index (κ1) is 21.5. The van der Waals surface area contributed by atoms with Crippen LogP contribution in [0.3, 0.4) is 0 Å². The number of amides is 1. The number of hydrogen-bond acceptors (Lipinski definition) is 5. The summed E-state index contributed by atoms with van der Waals surface area (Å²) in [5.41, 5.74) is -0.478. The Labute approximate surface area is 179 Å². The minimum atomic E-state index is -4.66. The van der Waals surface area contributed by atoms with Gasteiger partial charge in [0.15, 0.2) is 15.8 Å². The van der Waals surface area contributed by atoms with Gasteiger partial charge >= 0.3 is 6.18 Å². The van der Waals surface area contributed by atoms with Gasteiger partial charge in [0.05, 0.1) is 35.4 Å². The number of halogens is 4. The van der Waals surface area contributed by atoms with Crippen molar-refractivity contribution in [3.05, 3.63) is 57.5 Å². The van der Waals surface area contributed by atoms with Crippen LogP contribution >= 0.6 is 35.6 Å². The first-order valence-electron chi connectivity index (χ1n) is 8.03. The first-order chi connectivity index (χ1) is 13.7. The Morgan fingerprint density at radius 3 is 2.52 bits per heavy atom. The topological polar surface area (TPSA) is 38.8 Å². The Morgan fingerprint density at radius 2 is 1.90 bits per heavy atom. The third-order valence-corrected chi connectivity index (χ3v) is 5.66. The molecule has 3 rings (SSSR count). The lowest BCUT2D eigenvalue weighted by molar-refractivity contribution is -0.137. The van der Waals surface area contributed by atoms with Crippen LogP contribution in [0.25, 0.3) is 6.08 Å². The van der Waals surface area contributed by atoms with Crippen LogP contribution in [-0.2, 0) is 11.0 Å². The summed E-state index contributed by atoms with van der Waals surface area (Å²) in [6, 6.07) is 8.36. The molecule has 4 nitrogen and oxygen atoms in total. The van der Waals surface area contributed by atoms with E-state index < -0.39 is 22.7 Å². The molecule has 0 bridgehead atoms. The van der Waals surface area contributed by atoms with Gasteiger partial charge in [0, 0.05) is 5.56 Å². The molecular weight excluding hydrogens is 447 g/mol. The molecule has 1 aliphatic rings. The van der Waals surface area contributed by atoms with E-state index in [1.54, 1.807) is 24.3 Å². The lowest BCUT2D eigenvalue weighted by Gasteiger charge is -2.17. The number of benzene rings is 2. The number of carbonyl (C=O) groups excluding carboxylic acids is 1. The minimum Gasteiger partial charge on any atom is -0.493 e. The molecule has 29 heavy (non-hydrogen) atoms. The number of thioether (sulfide) groups is 1. The predicted molar refractivity (Wildman–Crippen MR) is 112 cm³/mol. The third kappa shape index (κ3) is 4.22. The molecule has 10 heteroatoms. The molecule has 1 saturated heterocycles. The number of thiocarbonyl (C=S) groups is 1. The Morgan fingerprint density at radius 1 is 1.17 bits per heavy atom. The van der Waals surface area contributed by atoms with E-state index in [1.165, 1.54) is 20.3 Å². The summed E-state index contributed by atoms with van der Waals surface area (Å²) in [6.45, 7) is 0. The van der Waals surface area contributed by atoms with E-state index in [2.05, 4.69) is 0 Å². The number of carbonyl (C=O) groups is 1. The maximum absolute atomic E-state index is 13.2. The van der Waals surface area contributed by atoms with Gasteiger partial charge < -0.3 is 9.47 Å². The molecule has 0 unspecified atom stereocenters. The Bertz CT molecular complexity index is 1020. The van der Waals surface area contributed by atoms with Crippen molar-refractivity contribution in [3.8, 4) is 11.5 Å². The highest BCUT2D eigenvalue weighted by Gasteiger charge is 2.37. The standard InChI is InChI=1S/C19H13ClF3NO3S2/c1-26-14-5-3-4-10(16(14)27-2)8-15-17(25)24(18(28)29-15)11-6-7-13(20)12(9-11)19(21,22)23/h3-9H,1-2H3/b15-8-. The molecule has 0 atom stereocenters. The van der Waals surface area contributed by atoms with Gasteiger partial charge in [0.25, 0.3) is 5.91 Å². The van der Waals surface area contributed by atoms with Crippen molar-refractivity contribution in [3.63, 3.8) is 0 Å². The fourth-order valence-corrected chi connectivity index (χ4v) is 4.24. The lowest BCUT2D eigenvalue weighted by Crippen LogP contribution is -2.27. The number of anilines is 1. The monoisotopic (exact) mass is 459 g/mol. The van der Waals surface area contributed by atoms with Crippen molar-refractivity contribution >= 4 is 57.6 Å². The molecule has 152 valence electrons. The van der Waals surface area contributed by atoms with Gasteiger partial charge in [-0.15, -0.1) is 0 Å². The van der Waals surface area contributed by atoms with Crippen molar-refractivity contribution in [1.82, 2.24) is 0 Å². The number of nitrogens with zero attached hydrogens (tertiary/aromatic N) is 1. The second-order valence-corrected chi connectivity index (χ2v) is 7.84. The second-order valence-electron chi connectivity index (χ2n) is 5.76. The highest BCUT2D eigenvalue weighted by Crippen LogP contribution is 2.42. The summed E-state index contributed by atoms with van der Waals surface area (Å²) < 4.78 is 50.2. The molecule has 1 amide bonds. The van der Waals surface area contributed by atoms with E-state index in [4.69, 9.17) is 33.3 Å². The third-order valence-electron chi connectivity index (χ3n) is 4.03. The predicted octanol–water partition coefficient (Wildman–Crippen LogP) is 5.78. The second kappa shape index (κ2) is 8.25. The van der Waals surface area contributed by atoms with E-state index >= 15 is 0 Å². The average Bonchev–Trinajstić information content (AvgIpc) is 2.94. The van der Waals surface area contributed by atoms with Gasteiger partial charge in [-0.1, -0.05) is 47.7 Å². The van der Waals surface area contributed by atoms with Crippen molar-refractivity contribution in [2.24, 2.45) is 0 Å². The molecule has 0 aromatic heterocycles. The van der Waals surface area contributed by atoms with Crippen molar-refractivity contribution < 1.29 is 27.4 Å². The van der Waals surface area contributed by atoms with E-state index in [-0.39, 0.29) is 14.9 Å². The smallest absolute Gasteiger partial charge is 0.417 e.